The summed E-state index contributed by atoms with van der Waals surface area (Å²) in [6, 6.07) is 13.6. The average molecular weight is 503 g/mol. The van der Waals surface area contributed by atoms with Crippen molar-refractivity contribution >= 4 is 39.3 Å². The van der Waals surface area contributed by atoms with E-state index in [9.17, 15) is 5.11 Å². The van der Waals surface area contributed by atoms with Gasteiger partial charge in [-0.25, -0.2) is 0 Å². The van der Waals surface area contributed by atoms with E-state index in [0.29, 0.717) is 24.7 Å². The average Bonchev–Trinajstić information content (AvgIpc) is 3.16. The number of fused-ring (bicyclic) bond motifs is 2. The van der Waals surface area contributed by atoms with Crippen molar-refractivity contribution in [3.8, 4) is 11.5 Å². The number of aliphatic hydroxyl groups is 1. The number of rotatable bonds is 7. The molecule has 0 saturated heterocycles. The fourth-order valence-electron chi connectivity index (χ4n) is 3.51. The predicted molar refractivity (Wildman–Crippen MR) is 121 cm³/mol. The van der Waals surface area contributed by atoms with E-state index in [1.54, 1.807) is 6.07 Å². The van der Waals surface area contributed by atoms with Gasteiger partial charge in [0.15, 0.2) is 0 Å². The van der Waals surface area contributed by atoms with Gasteiger partial charge in [-0.3, -0.25) is 0 Å². The second-order valence-corrected chi connectivity index (χ2v) is 8.38. The van der Waals surface area contributed by atoms with E-state index in [-0.39, 0.29) is 12.7 Å². The number of halogens is 1. The third kappa shape index (κ3) is 4.83. The highest BCUT2D eigenvalue weighted by Crippen LogP contribution is 2.30. The van der Waals surface area contributed by atoms with Crippen LogP contribution in [-0.2, 0) is 6.42 Å². The Balaban J connectivity index is 1.24. The second-order valence-electron chi connectivity index (χ2n) is 7.14. The van der Waals surface area contributed by atoms with Gasteiger partial charge < -0.3 is 29.7 Å². The van der Waals surface area contributed by atoms with Crippen molar-refractivity contribution in [2.24, 2.45) is 0 Å². The van der Waals surface area contributed by atoms with Gasteiger partial charge in [-0.2, -0.15) is 0 Å². The summed E-state index contributed by atoms with van der Waals surface area (Å²) in [5, 5.41) is 14.4. The number of benzene rings is 2. The first-order valence-electron chi connectivity index (χ1n) is 9.58. The van der Waals surface area contributed by atoms with Gasteiger partial charge in [0.05, 0.1) is 5.39 Å². The molecule has 29 heavy (non-hydrogen) atoms. The molecule has 0 fully saturated rings. The second kappa shape index (κ2) is 9.03. The van der Waals surface area contributed by atoms with E-state index >= 15 is 0 Å². The van der Waals surface area contributed by atoms with E-state index in [0.717, 1.165) is 29.5 Å². The van der Waals surface area contributed by atoms with Gasteiger partial charge in [0.1, 0.15) is 35.8 Å². The molecule has 2 unspecified atom stereocenters. The van der Waals surface area contributed by atoms with E-state index in [1.165, 1.54) is 9.13 Å². The van der Waals surface area contributed by atoms with Crippen LogP contribution in [0, 0.1) is 10.1 Å². The molecule has 6 nitrogen and oxygen atoms in total. The van der Waals surface area contributed by atoms with Crippen LogP contribution in [0.15, 0.2) is 42.5 Å². The minimum absolute atomic E-state index is 0.108. The molecule has 0 amide bonds. The zero-order chi connectivity index (χ0) is 20.2. The molecule has 150 valence electrons. The van der Waals surface area contributed by atoms with Gasteiger partial charge in [0, 0.05) is 16.7 Å². The quantitative estimate of drug-likeness (QED) is 0.336. The lowest BCUT2D eigenvalue weighted by molar-refractivity contribution is 0.101. The highest BCUT2D eigenvalue weighted by molar-refractivity contribution is 14.1. The van der Waals surface area contributed by atoms with Gasteiger partial charge in [-0.15, -0.1) is 0 Å². The van der Waals surface area contributed by atoms with Gasteiger partial charge >= 0.3 is 0 Å². The number of nitrogens with one attached hydrogen (secondary N) is 2. The minimum atomic E-state index is -0.637. The van der Waals surface area contributed by atoms with Gasteiger partial charge in [-0.1, -0.05) is 12.6 Å². The van der Waals surface area contributed by atoms with Crippen LogP contribution in [0.25, 0.3) is 15.7 Å². The summed E-state index contributed by atoms with van der Waals surface area (Å²) in [5.41, 5.74) is 2.12. The lowest BCUT2D eigenvalue weighted by atomic mass is 10.0. The monoisotopic (exact) mass is 503 g/mol. The molecule has 0 radical (unpaired) electrons. The van der Waals surface area contributed by atoms with Gasteiger partial charge in [0.25, 0.3) is 0 Å². The third-order valence-electron chi connectivity index (χ3n) is 4.97. The maximum absolute atomic E-state index is 10.3. The number of aromatic nitrogens is 1. The van der Waals surface area contributed by atoms with Crippen LogP contribution in [0.4, 0.5) is 5.82 Å². The minimum Gasteiger partial charge on any atom is -0.490 e. The number of aliphatic hydroxyl groups excluding tert-OH is 1. The van der Waals surface area contributed by atoms with Crippen molar-refractivity contribution in [2.45, 2.75) is 25.0 Å². The van der Waals surface area contributed by atoms with E-state index in [4.69, 9.17) is 16.0 Å². The van der Waals surface area contributed by atoms with Crippen molar-refractivity contribution in [3.05, 3.63) is 63.0 Å². The Labute approximate surface area is 183 Å². The normalized spacial score (nSPS) is 16.7. The Hall–Kier alpha value is -2.28. The van der Waals surface area contributed by atoms with E-state index in [2.05, 4.69) is 49.9 Å². The molecular weight excluding hydrogens is 481 g/mol. The summed E-state index contributed by atoms with van der Waals surface area (Å²) in [5.74, 6) is 2.10. The first kappa shape index (κ1) is 20.0. The Morgan fingerprint density at radius 3 is 3.10 bits per heavy atom. The first-order valence-corrected chi connectivity index (χ1v) is 10.7. The summed E-state index contributed by atoms with van der Waals surface area (Å²) < 4.78 is 13.1. The molecule has 2 aromatic carbocycles. The van der Waals surface area contributed by atoms with Crippen LogP contribution in [0.5, 0.6) is 11.5 Å². The predicted octanol–water partition coefficient (Wildman–Crippen LogP) is 4.05. The SMILES string of the molecule is [C-]#[N+]c1cc2c(OCC(O)CNCC3CCc4cc(I)ccc4O3)cccc2[nH]1. The summed E-state index contributed by atoms with van der Waals surface area (Å²) in [7, 11) is 0. The first-order chi connectivity index (χ1) is 14.1. The van der Waals surface area contributed by atoms with Crippen LogP contribution < -0.4 is 14.8 Å². The molecule has 1 aliphatic rings. The molecular formula is C22H22IN3O3. The molecule has 0 saturated carbocycles. The Morgan fingerprint density at radius 1 is 1.34 bits per heavy atom. The van der Waals surface area contributed by atoms with Gasteiger partial charge in [-0.05, 0) is 77.4 Å². The maximum Gasteiger partial charge on any atom is 0.229 e. The largest absolute Gasteiger partial charge is 0.490 e. The lowest BCUT2D eigenvalue weighted by Gasteiger charge is -2.27. The van der Waals surface area contributed by atoms with Crippen LogP contribution in [0.3, 0.4) is 0 Å². The van der Waals surface area contributed by atoms with Crippen LogP contribution in [0.1, 0.15) is 12.0 Å². The molecule has 4 rings (SSSR count). The molecule has 2 atom stereocenters. The lowest BCUT2D eigenvalue weighted by Crippen LogP contribution is -2.39. The topological polar surface area (TPSA) is 70.9 Å². The Morgan fingerprint density at radius 2 is 2.24 bits per heavy atom. The highest BCUT2D eigenvalue weighted by Gasteiger charge is 2.20. The Bertz CT molecular complexity index is 1040. The van der Waals surface area contributed by atoms with Crippen LogP contribution in [-0.4, -0.2) is 42.0 Å². The molecule has 0 bridgehead atoms. The summed E-state index contributed by atoms with van der Waals surface area (Å²) >= 11 is 2.32. The maximum atomic E-state index is 10.3. The smallest absolute Gasteiger partial charge is 0.229 e. The van der Waals surface area contributed by atoms with Crippen LogP contribution in [0.2, 0.25) is 0 Å². The van der Waals surface area contributed by atoms with Crippen molar-refractivity contribution in [1.82, 2.24) is 10.3 Å². The van der Waals surface area contributed by atoms with Crippen LogP contribution >= 0.6 is 22.6 Å². The summed E-state index contributed by atoms with van der Waals surface area (Å²) in [6.45, 7) is 8.41. The van der Waals surface area contributed by atoms with Crippen molar-refractivity contribution in [3.63, 3.8) is 0 Å². The standard InChI is InChI=1S/C22H22IN3O3/c1-24-22-10-18-19(26-22)3-2-4-21(18)28-13-16(27)11-25-12-17-7-5-14-9-15(23)6-8-20(14)29-17/h2-4,6,8-10,16-17,25-27H,5,7,11-13H2. The zero-order valence-corrected chi connectivity index (χ0v) is 18.0. The number of aromatic amines is 1. The zero-order valence-electron chi connectivity index (χ0n) is 15.8. The fraction of sp³-hybridized carbons (Fsp3) is 0.318. The van der Waals surface area contributed by atoms with E-state index < -0.39 is 6.10 Å². The highest BCUT2D eigenvalue weighted by atomic mass is 127. The molecule has 1 aromatic heterocycles. The summed E-state index contributed by atoms with van der Waals surface area (Å²) in [6.07, 6.45) is 1.45. The molecule has 3 aromatic rings. The van der Waals surface area contributed by atoms with E-state index in [1.807, 2.05) is 24.3 Å². The molecule has 1 aliphatic heterocycles. The molecule has 2 heterocycles. The third-order valence-corrected chi connectivity index (χ3v) is 5.64. The molecule has 0 aliphatic carbocycles. The fourth-order valence-corrected chi connectivity index (χ4v) is 4.07. The molecule has 0 spiro atoms. The van der Waals surface area contributed by atoms with Crippen molar-refractivity contribution < 1.29 is 14.6 Å². The molecule has 3 N–H and O–H groups in total. The number of nitrogens with zero attached hydrogens (tertiary/aromatic N) is 1. The number of hydrogen-bond acceptors (Lipinski definition) is 4. The molecule has 7 heteroatoms. The van der Waals surface area contributed by atoms with Crippen molar-refractivity contribution in [2.75, 3.05) is 19.7 Å². The number of hydrogen-bond donors (Lipinski definition) is 3. The van der Waals surface area contributed by atoms with Gasteiger partial charge in [0.2, 0.25) is 5.82 Å². The number of aryl methyl sites for hydroxylation is 1. The number of H-pyrrole nitrogens is 1. The van der Waals surface area contributed by atoms with Crippen molar-refractivity contribution in [1.29, 1.82) is 0 Å². The summed E-state index contributed by atoms with van der Waals surface area (Å²) in [4.78, 5) is 6.45. The number of ether oxygens (including phenoxy) is 2. The Kier molecular flexibility index (Phi) is 6.23.